The predicted molar refractivity (Wildman–Crippen MR) is 98.1 cm³/mol. The Morgan fingerprint density at radius 2 is 1.92 bits per heavy atom. The van der Waals surface area contributed by atoms with Gasteiger partial charge in [-0.1, -0.05) is 12.1 Å². The molecule has 0 aliphatic heterocycles. The van der Waals surface area contributed by atoms with Crippen LogP contribution >= 0.6 is 0 Å². The van der Waals surface area contributed by atoms with Crippen LogP contribution in [0.15, 0.2) is 23.2 Å². The van der Waals surface area contributed by atoms with Crippen molar-refractivity contribution in [2.75, 3.05) is 40.5 Å². The summed E-state index contributed by atoms with van der Waals surface area (Å²) in [6, 6.07) is 5.82. The Hall–Kier alpha value is -1.95. The molecular formula is C18H31N3O3. The standard InChI is InChI=1S/C18H31N3O3/c1-5-19-18(20-12-7-8-13-24-6-2)21-14-15-10-9-11-16(22-3)17(15)23-4/h9-11H,5-8,12-14H2,1-4H3,(H2,19,20,21). The molecule has 24 heavy (non-hydrogen) atoms. The first-order chi connectivity index (χ1) is 11.8. The second-order valence-electron chi connectivity index (χ2n) is 5.18. The fourth-order valence-electron chi connectivity index (χ4n) is 2.26. The summed E-state index contributed by atoms with van der Waals surface area (Å²) in [6.07, 6.45) is 2.09. The van der Waals surface area contributed by atoms with Crippen molar-refractivity contribution in [3.8, 4) is 11.5 Å². The molecular weight excluding hydrogens is 306 g/mol. The summed E-state index contributed by atoms with van der Waals surface area (Å²) in [7, 11) is 3.28. The molecule has 1 aromatic carbocycles. The first-order valence-electron chi connectivity index (χ1n) is 8.56. The fraction of sp³-hybridized carbons (Fsp3) is 0.611. The molecule has 0 amide bonds. The summed E-state index contributed by atoms with van der Waals surface area (Å²) in [5.41, 5.74) is 0.991. The topological polar surface area (TPSA) is 64.1 Å². The number of para-hydroxylation sites is 1. The highest BCUT2D eigenvalue weighted by atomic mass is 16.5. The number of ether oxygens (including phenoxy) is 3. The Morgan fingerprint density at radius 1 is 1.08 bits per heavy atom. The van der Waals surface area contributed by atoms with E-state index in [1.165, 1.54) is 0 Å². The van der Waals surface area contributed by atoms with E-state index in [0.717, 1.165) is 62.2 Å². The maximum Gasteiger partial charge on any atom is 0.191 e. The monoisotopic (exact) mass is 337 g/mol. The molecule has 0 atom stereocenters. The average Bonchev–Trinajstić information content (AvgIpc) is 2.61. The number of aliphatic imine (C=N–C) groups is 1. The van der Waals surface area contributed by atoms with E-state index in [2.05, 4.69) is 22.5 Å². The van der Waals surface area contributed by atoms with Gasteiger partial charge in [-0.3, -0.25) is 0 Å². The van der Waals surface area contributed by atoms with Crippen LogP contribution in [-0.2, 0) is 11.3 Å². The first-order valence-corrected chi connectivity index (χ1v) is 8.56. The van der Waals surface area contributed by atoms with Crippen LogP contribution < -0.4 is 20.1 Å². The molecule has 0 saturated carbocycles. The van der Waals surface area contributed by atoms with Gasteiger partial charge < -0.3 is 24.8 Å². The lowest BCUT2D eigenvalue weighted by molar-refractivity contribution is 0.143. The molecule has 0 unspecified atom stereocenters. The molecule has 1 aromatic rings. The molecule has 2 N–H and O–H groups in total. The molecule has 0 aliphatic rings. The smallest absolute Gasteiger partial charge is 0.191 e. The number of methoxy groups -OCH3 is 2. The van der Waals surface area contributed by atoms with Crippen LogP contribution in [0.4, 0.5) is 0 Å². The number of unbranched alkanes of at least 4 members (excludes halogenated alkanes) is 1. The van der Waals surface area contributed by atoms with Crippen molar-refractivity contribution in [2.24, 2.45) is 4.99 Å². The van der Waals surface area contributed by atoms with Crippen LogP contribution in [0.25, 0.3) is 0 Å². The summed E-state index contributed by atoms with van der Waals surface area (Å²) in [5.74, 6) is 2.26. The maximum atomic E-state index is 5.45. The number of nitrogens with zero attached hydrogens (tertiary/aromatic N) is 1. The third-order valence-electron chi connectivity index (χ3n) is 3.45. The Labute approximate surface area is 145 Å². The van der Waals surface area contributed by atoms with Crippen molar-refractivity contribution in [3.63, 3.8) is 0 Å². The third kappa shape index (κ3) is 7.08. The van der Waals surface area contributed by atoms with E-state index in [1.807, 2.05) is 25.1 Å². The number of guanidine groups is 1. The van der Waals surface area contributed by atoms with Crippen molar-refractivity contribution < 1.29 is 14.2 Å². The van der Waals surface area contributed by atoms with E-state index in [1.54, 1.807) is 14.2 Å². The number of rotatable bonds is 11. The number of hydrogen-bond acceptors (Lipinski definition) is 4. The van der Waals surface area contributed by atoms with Gasteiger partial charge >= 0.3 is 0 Å². The normalized spacial score (nSPS) is 11.2. The fourth-order valence-corrected chi connectivity index (χ4v) is 2.26. The van der Waals surface area contributed by atoms with Gasteiger partial charge in [-0.05, 0) is 32.8 Å². The van der Waals surface area contributed by atoms with Crippen molar-refractivity contribution in [2.45, 2.75) is 33.2 Å². The second kappa shape index (κ2) is 12.5. The lowest BCUT2D eigenvalue weighted by Gasteiger charge is -2.13. The van der Waals surface area contributed by atoms with Gasteiger partial charge in [0.2, 0.25) is 0 Å². The lowest BCUT2D eigenvalue weighted by Crippen LogP contribution is -2.37. The molecule has 0 aromatic heterocycles. The van der Waals surface area contributed by atoms with Gasteiger partial charge in [0.05, 0.1) is 20.8 Å². The SMILES string of the molecule is CCNC(=NCc1cccc(OC)c1OC)NCCCCOCC. The summed E-state index contributed by atoms with van der Waals surface area (Å²) in [6.45, 7) is 7.87. The van der Waals surface area contributed by atoms with Gasteiger partial charge in [0.1, 0.15) is 0 Å². The van der Waals surface area contributed by atoms with Gasteiger partial charge in [-0.15, -0.1) is 0 Å². The molecule has 6 nitrogen and oxygen atoms in total. The highest BCUT2D eigenvalue weighted by Gasteiger charge is 2.09. The van der Waals surface area contributed by atoms with Crippen LogP contribution in [0, 0.1) is 0 Å². The lowest BCUT2D eigenvalue weighted by atomic mass is 10.2. The van der Waals surface area contributed by atoms with E-state index in [9.17, 15) is 0 Å². The molecule has 0 heterocycles. The highest BCUT2D eigenvalue weighted by molar-refractivity contribution is 5.79. The van der Waals surface area contributed by atoms with Crippen molar-refractivity contribution in [1.82, 2.24) is 10.6 Å². The highest BCUT2D eigenvalue weighted by Crippen LogP contribution is 2.30. The molecule has 1 rings (SSSR count). The minimum absolute atomic E-state index is 0.522. The van der Waals surface area contributed by atoms with Gasteiger partial charge in [-0.2, -0.15) is 0 Å². The van der Waals surface area contributed by atoms with E-state index < -0.39 is 0 Å². The Morgan fingerprint density at radius 3 is 2.58 bits per heavy atom. The van der Waals surface area contributed by atoms with E-state index in [0.29, 0.717) is 6.54 Å². The Bertz CT molecular complexity index is 492. The average molecular weight is 337 g/mol. The molecule has 0 aliphatic carbocycles. The minimum atomic E-state index is 0.522. The van der Waals surface area contributed by atoms with Crippen molar-refractivity contribution in [3.05, 3.63) is 23.8 Å². The molecule has 6 heteroatoms. The van der Waals surface area contributed by atoms with Crippen LogP contribution in [0.5, 0.6) is 11.5 Å². The molecule has 136 valence electrons. The van der Waals surface area contributed by atoms with Crippen molar-refractivity contribution in [1.29, 1.82) is 0 Å². The summed E-state index contributed by atoms with van der Waals surface area (Å²) < 4.78 is 16.1. The zero-order chi connectivity index (χ0) is 17.6. The largest absolute Gasteiger partial charge is 0.493 e. The zero-order valence-electron chi connectivity index (χ0n) is 15.4. The molecule has 0 saturated heterocycles. The molecule has 0 spiro atoms. The maximum absolute atomic E-state index is 5.45. The molecule has 0 fully saturated rings. The Balaban J connectivity index is 2.59. The zero-order valence-corrected chi connectivity index (χ0v) is 15.4. The van der Waals surface area contributed by atoms with Crippen molar-refractivity contribution >= 4 is 5.96 Å². The van der Waals surface area contributed by atoms with Gasteiger partial charge in [0, 0.05) is 31.9 Å². The van der Waals surface area contributed by atoms with Gasteiger partial charge in [0.25, 0.3) is 0 Å². The van der Waals surface area contributed by atoms with Crippen LogP contribution in [0.1, 0.15) is 32.3 Å². The van der Waals surface area contributed by atoms with Crippen LogP contribution in [0.2, 0.25) is 0 Å². The second-order valence-corrected chi connectivity index (χ2v) is 5.18. The quantitative estimate of drug-likeness (QED) is 0.369. The Kier molecular flexibility index (Phi) is 10.4. The number of nitrogens with one attached hydrogen (secondary N) is 2. The van der Waals surface area contributed by atoms with E-state index in [-0.39, 0.29) is 0 Å². The van der Waals surface area contributed by atoms with E-state index in [4.69, 9.17) is 14.2 Å². The predicted octanol–water partition coefficient (Wildman–Crippen LogP) is 2.58. The molecule has 0 radical (unpaired) electrons. The summed E-state index contributed by atoms with van der Waals surface area (Å²) in [4.78, 5) is 4.63. The number of benzene rings is 1. The minimum Gasteiger partial charge on any atom is -0.493 e. The summed E-state index contributed by atoms with van der Waals surface area (Å²) in [5, 5.41) is 6.60. The van der Waals surface area contributed by atoms with Gasteiger partial charge in [0.15, 0.2) is 17.5 Å². The van der Waals surface area contributed by atoms with Crippen LogP contribution in [0.3, 0.4) is 0 Å². The number of hydrogen-bond donors (Lipinski definition) is 2. The molecule has 0 bridgehead atoms. The van der Waals surface area contributed by atoms with Crippen LogP contribution in [-0.4, -0.2) is 46.5 Å². The first kappa shape index (κ1) is 20.1. The summed E-state index contributed by atoms with van der Waals surface area (Å²) >= 11 is 0. The third-order valence-corrected chi connectivity index (χ3v) is 3.45. The van der Waals surface area contributed by atoms with E-state index >= 15 is 0 Å². The van der Waals surface area contributed by atoms with Gasteiger partial charge in [-0.25, -0.2) is 4.99 Å².